The van der Waals surface area contributed by atoms with Gasteiger partial charge in [-0.05, 0) is 19.1 Å². The van der Waals surface area contributed by atoms with Gasteiger partial charge in [0.15, 0.2) is 12.0 Å². The zero-order valence-electron chi connectivity index (χ0n) is 12.9. The fourth-order valence-electron chi connectivity index (χ4n) is 1.92. The van der Waals surface area contributed by atoms with E-state index in [1.54, 1.807) is 18.2 Å². The first-order valence-corrected chi connectivity index (χ1v) is 6.98. The Morgan fingerprint density at radius 2 is 2.04 bits per heavy atom. The summed E-state index contributed by atoms with van der Waals surface area (Å²) in [5.74, 6) is -1.57. The average Bonchev–Trinajstić information content (AvgIpc) is 2.53. The molecule has 0 bridgehead atoms. The SMILES string of the molecule is COCCNC(=O)COC(=O)c1cc(=O)c2cc(C)ccc2o1. The van der Waals surface area contributed by atoms with Crippen molar-refractivity contribution in [3.05, 3.63) is 45.8 Å². The van der Waals surface area contributed by atoms with Gasteiger partial charge in [-0.3, -0.25) is 9.59 Å². The quantitative estimate of drug-likeness (QED) is 0.631. The number of hydrogen-bond donors (Lipinski definition) is 1. The lowest BCUT2D eigenvalue weighted by Gasteiger charge is -2.06. The number of esters is 1. The zero-order chi connectivity index (χ0) is 16.8. The van der Waals surface area contributed by atoms with Crippen molar-refractivity contribution in [3.8, 4) is 0 Å². The number of rotatable bonds is 6. The summed E-state index contributed by atoms with van der Waals surface area (Å²) in [6.45, 7) is 2.07. The largest absolute Gasteiger partial charge is 0.450 e. The molecule has 0 saturated heterocycles. The number of ether oxygens (including phenoxy) is 2. The van der Waals surface area contributed by atoms with Crippen molar-refractivity contribution >= 4 is 22.8 Å². The normalized spacial score (nSPS) is 10.5. The van der Waals surface area contributed by atoms with Gasteiger partial charge in [0.2, 0.25) is 5.76 Å². The maximum atomic E-state index is 12.0. The van der Waals surface area contributed by atoms with Crippen LogP contribution in [-0.2, 0) is 14.3 Å². The Kier molecular flexibility index (Phi) is 5.48. The summed E-state index contributed by atoms with van der Waals surface area (Å²) in [7, 11) is 1.51. The minimum absolute atomic E-state index is 0.240. The van der Waals surface area contributed by atoms with Crippen LogP contribution < -0.4 is 10.7 Å². The molecule has 1 heterocycles. The van der Waals surface area contributed by atoms with Crippen molar-refractivity contribution in [3.63, 3.8) is 0 Å². The number of fused-ring (bicyclic) bond motifs is 1. The van der Waals surface area contributed by atoms with Crippen molar-refractivity contribution in [1.82, 2.24) is 5.32 Å². The number of aryl methyl sites for hydroxylation is 1. The Balaban J connectivity index is 2.05. The molecule has 0 atom stereocenters. The topological polar surface area (TPSA) is 94.8 Å². The number of carbonyl (C=O) groups excluding carboxylic acids is 2. The first kappa shape index (κ1) is 16.7. The number of amides is 1. The predicted molar refractivity (Wildman–Crippen MR) is 82.4 cm³/mol. The lowest BCUT2D eigenvalue weighted by atomic mass is 10.1. The highest BCUT2D eigenvalue weighted by atomic mass is 16.5. The van der Waals surface area contributed by atoms with Crippen molar-refractivity contribution in [1.29, 1.82) is 0 Å². The van der Waals surface area contributed by atoms with Crippen LogP contribution in [0.4, 0.5) is 0 Å². The third kappa shape index (κ3) is 4.40. The molecule has 1 aromatic carbocycles. The standard InChI is InChI=1S/C16H17NO6/c1-10-3-4-13-11(7-10)12(18)8-14(23-13)16(20)22-9-15(19)17-5-6-21-2/h3-4,7-8H,5-6,9H2,1-2H3,(H,17,19). The van der Waals surface area contributed by atoms with Gasteiger partial charge in [0, 0.05) is 19.7 Å². The Labute approximate surface area is 132 Å². The van der Waals surface area contributed by atoms with Crippen LogP contribution in [0, 0.1) is 6.92 Å². The second kappa shape index (κ2) is 7.55. The summed E-state index contributed by atoms with van der Waals surface area (Å²) in [4.78, 5) is 35.3. The molecular formula is C16H17NO6. The van der Waals surface area contributed by atoms with Crippen molar-refractivity contribution in [2.75, 3.05) is 26.9 Å². The molecule has 7 nitrogen and oxygen atoms in total. The van der Waals surface area contributed by atoms with Gasteiger partial charge in [0.05, 0.1) is 12.0 Å². The minimum Gasteiger partial charge on any atom is -0.450 e. The van der Waals surface area contributed by atoms with E-state index in [0.29, 0.717) is 24.1 Å². The highest BCUT2D eigenvalue weighted by molar-refractivity contribution is 5.90. The summed E-state index contributed by atoms with van der Waals surface area (Å²) < 4.78 is 15.0. The molecule has 0 aliphatic heterocycles. The summed E-state index contributed by atoms with van der Waals surface area (Å²) in [6, 6.07) is 6.12. The van der Waals surface area contributed by atoms with Gasteiger partial charge in [0.25, 0.3) is 5.91 Å². The van der Waals surface area contributed by atoms with Gasteiger partial charge in [0.1, 0.15) is 5.58 Å². The Hall–Kier alpha value is -2.67. The Bertz CT molecular complexity index is 780. The van der Waals surface area contributed by atoms with Gasteiger partial charge in [-0.1, -0.05) is 11.6 Å². The van der Waals surface area contributed by atoms with Crippen LogP contribution in [0.15, 0.2) is 33.5 Å². The van der Waals surface area contributed by atoms with E-state index in [1.807, 2.05) is 6.92 Å². The molecule has 23 heavy (non-hydrogen) atoms. The van der Waals surface area contributed by atoms with Crippen LogP contribution in [0.25, 0.3) is 11.0 Å². The molecule has 0 saturated carbocycles. The van der Waals surface area contributed by atoms with E-state index in [0.717, 1.165) is 11.6 Å². The first-order valence-electron chi connectivity index (χ1n) is 6.98. The van der Waals surface area contributed by atoms with Crippen LogP contribution >= 0.6 is 0 Å². The zero-order valence-corrected chi connectivity index (χ0v) is 12.9. The second-order valence-electron chi connectivity index (χ2n) is 4.89. The molecular weight excluding hydrogens is 302 g/mol. The van der Waals surface area contributed by atoms with Gasteiger partial charge in [-0.2, -0.15) is 0 Å². The van der Waals surface area contributed by atoms with Gasteiger partial charge in [-0.25, -0.2) is 4.79 Å². The number of hydrogen-bond acceptors (Lipinski definition) is 6. The fourth-order valence-corrected chi connectivity index (χ4v) is 1.92. The molecule has 0 unspecified atom stereocenters. The average molecular weight is 319 g/mol. The highest BCUT2D eigenvalue weighted by Gasteiger charge is 2.15. The maximum absolute atomic E-state index is 12.0. The minimum atomic E-state index is -0.869. The molecule has 1 N–H and O–H groups in total. The van der Waals surface area contributed by atoms with Crippen LogP contribution in [0.2, 0.25) is 0 Å². The monoisotopic (exact) mass is 319 g/mol. The second-order valence-corrected chi connectivity index (χ2v) is 4.89. The van der Waals surface area contributed by atoms with Crippen molar-refractivity contribution in [2.24, 2.45) is 0 Å². The maximum Gasteiger partial charge on any atom is 0.374 e. The smallest absolute Gasteiger partial charge is 0.374 e. The number of nitrogens with one attached hydrogen (secondary N) is 1. The predicted octanol–water partition coefficient (Wildman–Crippen LogP) is 1.02. The summed E-state index contributed by atoms with van der Waals surface area (Å²) in [6.07, 6.45) is 0. The molecule has 1 amide bonds. The van der Waals surface area contributed by atoms with Crippen molar-refractivity contribution in [2.45, 2.75) is 6.92 Å². The molecule has 2 rings (SSSR count). The molecule has 0 radical (unpaired) electrons. The number of carbonyl (C=O) groups is 2. The van der Waals surface area contributed by atoms with E-state index in [4.69, 9.17) is 13.9 Å². The van der Waals surface area contributed by atoms with Crippen LogP contribution in [0.1, 0.15) is 16.1 Å². The highest BCUT2D eigenvalue weighted by Crippen LogP contribution is 2.14. The molecule has 1 aromatic heterocycles. The summed E-state index contributed by atoms with van der Waals surface area (Å²) >= 11 is 0. The molecule has 0 aliphatic carbocycles. The lowest BCUT2D eigenvalue weighted by Crippen LogP contribution is -2.31. The van der Waals surface area contributed by atoms with E-state index >= 15 is 0 Å². The molecule has 0 fully saturated rings. The summed E-state index contributed by atoms with van der Waals surface area (Å²) in [5.41, 5.74) is 0.860. The number of methoxy groups -OCH3 is 1. The Morgan fingerprint density at radius 3 is 2.78 bits per heavy atom. The van der Waals surface area contributed by atoms with Gasteiger partial charge < -0.3 is 19.2 Å². The third-order valence-electron chi connectivity index (χ3n) is 3.05. The molecule has 0 spiro atoms. The van der Waals surface area contributed by atoms with Crippen LogP contribution in [0.3, 0.4) is 0 Å². The van der Waals surface area contributed by atoms with E-state index in [1.165, 1.54) is 7.11 Å². The van der Waals surface area contributed by atoms with Crippen LogP contribution in [0.5, 0.6) is 0 Å². The van der Waals surface area contributed by atoms with E-state index in [-0.39, 0.29) is 11.2 Å². The van der Waals surface area contributed by atoms with Crippen LogP contribution in [-0.4, -0.2) is 38.7 Å². The van der Waals surface area contributed by atoms with Gasteiger partial charge in [-0.15, -0.1) is 0 Å². The van der Waals surface area contributed by atoms with Gasteiger partial charge >= 0.3 is 5.97 Å². The third-order valence-corrected chi connectivity index (χ3v) is 3.05. The first-order chi connectivity index (χ1) is 11.0. The molecule has 7 heteroatoms. The number of benzene rings is 1. The lowest BCUT2D eigenvalue weighted by molar-refractivity contribution is -0.124. The fraction of sp³-hybridized carbons (Fsp3) is 0.312. The molecule has 122 valence electrons. The van der Waals surface area contributed by atoms with E-state index < -0.39 is 18.5 Å². The van der Waals surface area contributed by atoms with Crippen molar-refractivity contribution < 1.29 is 23.5 Å². The Morgan fingerprint density at radius 1 is 1.26 bits per heavy atom. The summed E-state index contributed by atoms with van der Waals surface area (Å²) in [5, 5.41) is 2.89. The molecule has 2 aromatic rings. The molecule has 0 aliphatic rings. The van der Waals surface area contributed by atoms with E-state index in [2.05, 4.69) is 5.32 Å². The van der Waals surface area contributed by atoms with E-state index in [9.17, 15) is 14.4 Å².